The minimum Gasteiger partial charge on any atom is -0.236 e. The van der Waals surface area contributed by atoms with Crippen molar-refractivity contribution < 1.29 is 0 Å². The first-order valence-corrected chi connectivity index (χ1v) is 9.39. The Morgan fingerprint density at radius 1 is 0.542 bits per heavy atom. The van der Waals surface area contributed by atoms with Crippen molar-refractivity contribution >= 4 is 43.1 Å². The van der Waals surface area contributed by atoms with Gasteiger partial charge in [0.15, 0.2) is 0 Å². The van der Waals surface area contributed by atoms with Gasteiger partial charge in [-0.2, -0.15) is 0 Å². The Morgan fingerprint density at radius 3 is 1.62 bits per heavy atom. The van der Waals surface area contributed by atoms with Crippen LogP contribution in [0.25, 0.3) is 52.7 Å². The van der Waals surface area contributed by atoms with Crippen LogP contribution in [0.2, 0.25) is 0 Å². The number of thiazole rings is 2. The molecule has 3 aromatic carbocycles. The largest absolute Gasteiger partial charge is 0.236 e. The van der Waals surface area contributed by atoms with E-state index in [4.69, 9.17) is 9.97 Å². The first-order valence-electron chi connectivity index (χ1n) is 7.76. The molecule has 3 heterocycles. The number of rotatable bonds is 0. The smallest absolute Gasteiger partial charge is 0.124 e. The molecule has 0 radical (unpaired) electrons. The van der Waals surface area contributed by atoms with E-state index in [1.807, 2.05) is 0 Å². The van der Waals surface area contributed by atoms with Crippen LogP contribution in [0.3, 0.4) is 0 Å². The van der Waals surface area contributed by atoms with E-state index in [1.54, 1.807) is 22.7 Å². The molecule has 0 unspecified atom stereocenters. The van der Waals surface area contributed by atoms with Gasteiger partial charge in [-0.1, -0.05) is 30.3 Å². The van der Waals surface area contributed by atoms with Crippen LogP contribution in [0.5, 0.6) is 0 Å². The molecule has 4 heteroatoms. The summed E-state index contributed by atoms with van der Waals surface area (Å²) in [4.78, 5) is 9.65. The highest BCUT2D eigenvalue weighted by Crippen LogP contribution is 2.38. The monoisotopic (exact) mass is 342 g/mol. The van der Waals surface area contributed by atoms with Gasteiger partial charge in [-0.3, -0.25) is 0 Å². The summed E-state index contributed by atoms with van der Waals surface area (Å²) < 4.78 is 2.47. The highest BCUT2D eigenvalue weighted by molar-refractivity contribution is 7.22. The molecule has 0 fully saturated rings. The molecule has 2 aromatic heterocycles. The molecule has 112 valence electrons. The van der Waals surface area contributed by atoms with Crippen LogP contribution in [0, 0.1) is 0 Å². The number of aromatic nitrogens is 2. The Kier molecular flexibility index (Phi) is 2.40. The molecule has 8 bridgehead atoms. The Morgan fingerprint density at radius 2 is 1.08 bits per heavy atom. The van der Waals surface area contributed by atoms with Gasteiger partial charge in [-0.15, -0.1) is 22.7 Å². The molecule has 0 saturated heterocycles. The van der Waals surface area contributed by atoms with Gasteiger partial charge in [0, 0.05) is 11.1 Å². The maximum absolute atomic E-state index is 4.82. The van der Waals surface area contributed by atoms with E-state index in [1.165, 1.54) is 20.5 Å². The van der Waals surface area contributed by atoms with E-state index in [0.29, 0.717) is 0 Å². The zero-order chi connectivity index (χ0) is 15.7. The quantitative estimate of drug-likeness (QED) is 0.327. The van der Waals surface area contributed by atoms with E-state index >= 15 is 0 Å². The summed E-state index contributed by atoms with van der Waals surface area (Å²) in [6, 6.07) is 21.6. The van der Waals surface area contributed by atoms with Crippen molar-refractivity contribution in [1.82, 2.24) is 9.97 Å². The Labute approximate surface area is 146 Å². The Bertz CT molecular complexity index is 1170. The highest BCUT2D eigenvalue weighted by atomic mass is 32.1. The van der Waals surface area contributed by atoms with E-state index in [2.05, 4.69) is 60.7 Å². The van der Waals surface area contributed by atoms with Crippen molar-refractivity contribution in [3.05, 3.63) is 60.7 Å². The van der Waals surface area contributed by atoms with Gasteiger partial charge < -0.3 is 0 Å². The number of fused-ring (bicyclic) bond motifs is 9. The normalized spacial score (nSPS) is 12.2. The van der Waals surface area contributed by atoms with Crippen LogP contribution in [-0.2, 0) is 0 Å². The first kappa shape index (κ1) is 12.8. The summed E-state index contributed by atoms with van der Waals surface area (Å²) in [6.07, 6.45) is 0. The number of benzene rings is 3. The summed E-state index contributed by atoms with van der Waals surface area (Å²) in [7, 11) is 0. The number of hydrogen-bond donors (Lipinski definition) is 0. The summed E-state index contributed by atoms with van der Waals surface area (Å²) in [5, 5.41) is 2.14. The lowest BCUT2D eigenvalue weighted by Gasteiger charge is -2.01. The highest BCUT2D eigenvalue weighted by Gasteiger charge is 2.13. The molecule has 5 aromatic rings. The lowest BCUT2D eigenvalue weighted by molar-refractivity contribution is 1.46. The van der Waals surface area contributed by atoms with Crippen LogP contribution < -0.4 is 0 Å². The van der Waals surface area contributed by atoms with Crippen LogP contribution >= 0.6 is 22.7 Å². The Hall–Kier alpha value is -2.56. The van der Waals surface area contributed by atoms with E-state index in [-0.39, 0.29) is 0 Å². The van der Waals surface area contributed by atoms with Crippen molar-refractivity contribution in [3.8, 4) is 32.3 Å². The molecule has 0 saturated carbocycles. The number of nitrogens with zero attached hydrogens (tertiary/aromatic N) is 2. The molecule has 2 nitrogen and oxygen atoms in total. The second kappa shape index (κ2) is 4.50. The second-order valence-electron chi connectivity index (χ2n) is 5.98. The topological polar surface area (TPSA) is 25.8 Å². The Balaban J connectivity index is 1.82. The molecule has 0 aliphatic carbocycles. The summed E-state index contributed by atoms with van der Waals surface area (Å²) in [5.74, 6) is 0. The molecule has 0 N–H and O–H groups in total. The van der Waals surface area contributed by atoms with Gasteiger partial charge in [0.2, 0.25) is 0 Å². The molecule has 24 heavy (non-hydrogen) atoms. The molecular weight excluding hydrogens is 332 g/mol. The first-order chi connectivity index (χ1) is 11.8. The average Bonchev–Trinajstić information content (AvgIpc) is 3.23. The van der Waals surface area contributed by atoms with Crippen molar-refractivity contribution in [2.45, 2.75) is 0 Å². The maximum Gasteiger partial charge on any atom is 0.124 e. The van der Waals surface area contributed by atoms with Crippen LogP contribution in [0.4, 0.5) is 0 Å². The fourth-order valence-electron chi connectivity index (χ4n) is 3.24. The molecule has 0 spiro atoms. The van der Waals surface area contributed by atoms with Gasteiger partial charge in [0.1, 0.15) is 10.0 Å². The third-order valence-corrected chi connectivity index (χ3v) is 6.60. The van der Waals surface area contributed by atoms with Crippen molar-refractivity contribution in [2.24, 2.45) is 0 Å². The predicted octanol–water partition coefficient (Wildman–Crippen LogP) is 6.22. The average molecular weight is 342 g/mol. The van der Waals surface area contributed by atoms with Gasteiger partial charge in [0.05, 0.1) is 20.4 Å². The summed E-state index contributed by atoms with van der Waals surface area (Å²) in [6.45, 7) is 0. The minimum absolute atomic E-state index is 1.07. The lowest BCUT2D eigenvalue weighted by atomic mass is 10.1. The lowest BCUT2D eigenvalue weighted by Crippen LogP contribution is -1.79. The van der Waals surface area contributed by atoms with Crippen molar-refractivity contribution in [2.75, 3.05) is 0 Å². The van der Waals surface area contributed by atoms with Crippen LogP contribution in [-0.4, -0.2) is 9.97 Å². The third-order valence-electron chi connectivity index (χ3n) is 4.47. The molecule has 6 rings (SSSR count). The standard InChI is InChI=1S/C20H10N2S2/c1-2-13-8-14(3-1)20-22-16-7-5-12(10-18(16)24-20)11-4-6-15-17(9-11)23-19(13)21-15/h1-10H. The predicted molar refractivity (Wildman–Crippen MR) is 103 cm³/mol. The van der Waals surface area contributed by atoms with Gasteiger partial charge in [0.25, 0.3) is 0 Å². The molecular formula is C20H10N2S2. The molecule has 0 atom stereocenters. The zero-order valence-corrected chi connectivity index (χ0v) is 14.1. The SMILES string of the molecule is c1cc2cc(c1)-c1nc3ccc(cc3s1)-c1ccc3nc-2sc3c1. The third kappa shape index (κ3) is 1.75. The van der Waals surface area contributed by atoms with E-state index in [9.17, 15) is 0 Å². The van der Waals surface area contributed by atoms with Crippen LogP contribution in [0.1, 0.15) is 0 Å². The molecule has 0 amide bonds. The van der Waals surface area contributed by atoms with E-state index in [0.717, 1.165) is 32.2 Å². The van der Waals surface area contributed by atoms with E-state index < -0.39 is 0 Å². The number of hydrogen-bond acceptors (Lipinski definition) is 4. The van der Waals surface area contributed by atoms with Crippen molar-refractivity contribution in [3.63, 3.8) is 0 Å². The summed E-state index contributed by atoms with van der Waals surface area (Å²) >= 11 is 3.51. The molecule has 1 aliphatic rings. The van der Waals surface area contributed by atoms with Gasteiger partial charge in [-0.05, 0) is 41.5 Å². The fourth-order valence-corrected chi connectivity index (χ4v) is 5.24. The second-order valence-corrected chi connectivity index (χ2v) is 8.05. The fraction of sp³-hybridized carbons (Fsp3) is 0. The van der Waals surface area contributed by atoms with Crippen LogP contribution in [0.15, 0.2) is 60.7 Å². The maximum atomic E-state index is 4.82. The molecule has 1 aliphatic heterocycles. The minimum atomic E-state index is 1.07. The zero-order valence-electron chi connectivity index (χ0n) is 12.5. The van der Waals surface area contributed by atoms with Gasteiger partial charge in [-0.25, -0.2) is 9.97 Å². The van der Waals surface area contributed by atoms with Crippen molar-refractivity contribution in [1.29, 1.82) is 0 Å². The summed E-state index contributed by atoms with van der Waals surface area (Å²) in [5.41, 5.74) is 6.93. The van der Waals surface area contributed by atoms with Gasteiger partial charge >= 0.3 is 0 Å².